The average molecular weight is 867 g/mol. The molecular weight excluding hydrogens is 813 g/mol. The van der Waals surface area contributed by atoms with Gasteiger partial charge in [-0.1, -0.05) is 24.8 Å². The van der Waals surface area contributed by atoms with Gasteiger partial charge in [-0.15, -0.1) is 0 Å². The molecule has 5 heterocycles. The van der Waals surface area contributed by atoms with E-state index in [1.807, 2.05) is 18.3 Å². The Kier molecular flexibility index (Phi) is 14.2. The summed E-state index contributed by atoms with van der Waals surface area (Å²) >= 11 is 0. The number of nitrogens with one attached hydrogen (secondary N) is 2. The van der Waals surface area contributed by atoms with E-state index in [1.165, 1.54) is 25.2 Å². The minimum absolute atomic E-state index is 0.0497. The van der Waals surface area contributed by atoms with Gasteiger partial charge < -0.3 is 53.1 Å². The molecule has 334 valence electrons. The zero-order valence-electron chi connectivity index (χ0n) is 36.1. The molecule has 0 radical (unpaired) electrons. The van der Waals surface area contributed by atoms with Gasteiger partial charge in [0.2, 0.25) is 5.91 Å². The summed E-state index contributed by atoms with van der Waals surface area (Å²) in [7, 11) is 6.28. The van der Waals surface area contributed by atoms with E-state index < -0.39 is 30.6 Å². The molecule has 3 aliphatic heterocycles. The number of methoxy groups -OCH3 is 2. The Morgan fingerprint density at radius 1 is 0.873 bits per heavy atom. The van der Waals surface area contributed by atoms with E-state index in [0.717, 1.165) is 36.8 Å². The van der Waals surface area contributed by atoms with E-state index in [-0.39, 0.29) is 60.1 Å². The summed E-state index contributed by atoms with van der Waals surface area (Å²) in [5.74, 6) is -0.805. The van der Waals surface area contributed by atoms with Gasteiger partial charge in [-0.2, -0.15) is 0 Å². The summed E-state index contributed by atoms with van der Waals surface area (Å²) in [5, 5.41) is 5.74. The van der Waals surface area contributed by atoms with Crippen LogP contribution < -0.4 is 25.0 Å². The van der Waals surface area contributed by atoms with Crippen molar-refractivity contribution in [3.8, 4) is 22.6 Å². The Morgan fingerprint density at radius 2 is 1.65 bits per heavy atom. The van der Waals surface area contributed by atoms with Gasteiger partial charge in [-0.25, -0.2) is 14.5 Å². The van der Waals surface area contributed by atoms with Crippen LogP contribution in [0.25, 0.3) is 11.1 Å². The fourth-order valence-corrected chi connectivity index (χ4v) is 8.16. The number of aromatic nitrogens is 2. The molecule has 2 saturated heterocycles. The first kappa shape index (κ1) is 44.5. The molecule has 2 fully saturated rings. The Hall–Kier alpha value is -6.59. The fraction of sp³-hybridized carbons (Fsp3) is 0.413. The van der Waals surface area contributed by atoms with Gasteiger partial charge in [-0.05, 0) is 80.8 Å². The van der Waals surface area contributed by atoms with Crippen molar-refractivity contribution in [1.29, 1.82) is 0 Å². The van der Waals surface area contributed by atoms with Crippen molar-refractivity contribution in [2.24, 2.45) is 14.1 Å². The zero-order valence-corrected chi connectivity index (χ0v) is 36.1. The van der Waals surface area contributed by atoms with Crippen molar-refractivity contribution >= 4 is 46.8 Å². The second-order valence-electron chi connectivity index (χ2n) is 15.6. The van der Waals surface area contributed by atoms with E-state index in [0.29, 0.717) is 55.2 Å². The third-order valence-corrected chi connectivity index (χ3v) is 11.3. The Bertz CT molecular complexity index is 2330. The number of esters is 1. The normalized spacial score (nSPS) is 18.3. The Morgan fingerprint density at radius 3 is 2.38 bits per heavy atom. The number of rotatable bonds is 15. The second-order valence-corrected chi connectivity index (χ2v) is 15.6. The fourth-order valence-electron chi connectivity index (χ4n) is 8.16. The first-order chi connectivity index (χ1) is 30.5. The highest BCUT2D eigenvalue weighted by Crippen LogP contribution is 2.42. The summed E-state index contributed by atoms with van der Waals surface area (Å²) in [5.41, 5.74) is 3.94. The highest BCUT2D eigenvalue weighted by Gasteiger charge is 2.47. The lowest BCUT2D eigenvalue weighted by Gasteiger charge is -2.42. The maximum Gasteiger partial charge on any atom is 0.416 e. The van der Waals surface area contributed by atoms with Gasteiger partial charge in [0.05, 0.1) is 43.8 Å². The SMILES string of the molecule is C=CCOC(=O)N1c2cc(OCCCC(=O)Nc3cc(C(=O)Nc4ccc(-c5cc(C(=O)OC)n(C)c5)cc4)n(C)c3)c(OC)cc2C(=O)N2CCCC[C@H]2C1OC1CCCCO1. The third-order valence-electron chi connectivity index (χ3n) is 11.3. The quantitative estimate of drug-likeness (QED) is 0.0722. The highest BCUT2D eigenvalue weighted by molar-refractivity contribution is 6.06. The predicted molar refractivity (Wildman–Crippen MR) is 233 cm³/mol. The standard InChI is InChI=1S/C46H54N6O11/c1-6-20-62-46(57)52-35-26-39(38(58-4)25-33(35)43(55)51-19-9-7-12-34(51)44(52)63-41-14-8-10-21-61-41)60-22-11-13-40(53)47-32-24-36(50(3)28-32)42(54)48-31-17-15-29(16-18-31)30-23-37(45(56)59-5)49(2)27-30/h6,15-18,23-28,34,41,44H,1,7-14,19-22H2,2-5H3,(H,47,53)(H,48,54)/t34-,41?,44?/m0/s1. The molecule has 4 aromatic rings. The number of fused-ring (bicyclic) bond motifs is 2. The minimum atomic E-state index is -0.901. The number of hydrogen-bond acceptors (Lipinski definition) is 11. The van der Waals surface area contributed by atoms with Crippen molar-refractivity contribution in [3.63, 3.8) is 0 Å². The molecule has 17 heteroatoms. The summed E-state index contributed by atoms with van der Waals surface area (Å²) in [6, 6.07) is 13.3. The maximum atomic E-state index is 14.3. The molecule has 2 N–H and O–H groups in total. The average Bonchev–Trinajstić information content (AvgIpc) is 3.85. The number of piperidine rings is 1. The largest absolute Gasteiger partial charge is 0.493 e. The monoisotopic (exact) mass is 866 g/mol. The smallest absolute Gasteiger partial charge is 0.416 e. The van der Waals surface area contributed by atoms with Crippen molar-refractivity contribution in [1.82, 2.24) is 14.0 Å². The molecule has 0 spiro atoms. The summed E-state index contributed by atoms with van der Waals surface area (Å²) < 4.78 is 38.1. The van der Waals surface area contributed by atoms with E-state index >= 15 is 0 Å². The minimum Gasteiger partial charge on any atom is -0.493 e. The van der Waals surface area contributed by atoms with Crippen LogP contribution in [0.4, 0.5) is 21.9 Å². The van der Waals surface area contributed by atoms with Crippen LogP contribution >= 0.6 is 0 Å². The molecule has 0 aliphatic carbocycles. The second kappa shape index (κ2) is 20.1. The van der Waals surface area contributed by atoms with Gasteiger partial charge >= 0.3 is 12.1 Å². The number of benzene rings is 2. The van der Waals surface area contributed by atoms with Gasteiger partial charge in [-0.3, -0.25) is 14.4 Å². The molecule has 0 saturated carbocycles. The van der Waals surface area contributed by atoms with Crippen LogP contribution in [-0.2, 0) is 37.8 Å². The number of carbonyl (C=O) groups excluding carboxylic acids is 5. The molecule has 17 nitrogen and oxygen atoms in total. The number of nitrogens with zero attached hydrogens (tertiary/aromatic N) is 4. The molecule has 7 rings (SSSR count). The molecule has 3 aliphatic rings. The van der Waals surface area contributed by atoms with Crippen molar-refractivity contribution in [3.05, 3.63) is 90.5 Å². The van der Waals surface area contributed by atoms with E-state index in [1.54, 1.807) is 70.7 Å². The van der Waals surface area contributed by atoms with Crippen LogP contribution in [0.15, 0.2) is 73.6 Å². The lowest BCUT2D eigenvalue weighted by Crippen LogP contribution is -2.57. The van der Waals surface area contributed by atoms with Crippen LogP contribution in [0, 0.1) is 0 Å². The van der Waals surface area contributed by atoms with Gasteiger partial charge in [0.15, 0.2) is 24.0 Å². The summed E-state index contributed by atoms with van der Waals surface area (Å²) in [4.78, 5) is 69.7. The van der Waals surface area contributed by atoms with E-state index in [9.17, 15) is 24.0 Å². The Labute approximate surface area is 365 Å². The van der Waals surface area contributed by atoms with Crippen LogP contribution in [0.3, 0.4) is 0 Å². The van der Waals surface area contributed by atoms with Crippen molar-refractivity contribution in [2.75, 3.05) is 56.1 Å². The molecule has 2 unspecified atom stereocenters. The van der Waals surface area contributed by atoms with Gasteiger partial charge in [0.1, 0.15) is 18.0 Å². The first-order valence-corrected chi connectivity index (χ1v) is 21.1. The number of hydrogen-bond donors (Lipinski definition) is 2. The van der Waals surface area contributed by atoms with Crippen LogP contribution in [0.5, 0.6) is 11.5 Å². The lowest BCUT2D eigenvalue weighted by molar-refractivity contribution is -0.198. The molecule has 0 bridgehead atoms. The maximum absolute atomic E-state index is 14.3. The van der Waals surface area contributed by atoms with Crippen LogP contribution in [0.1, 0.15) is 82.7 Å². The van der Waals surface area contributed by atoms with Crippen LogP contribution in [-0.4, -0.2) is 103 Å². The molecular formula is C46H54N6O11. The zero-order chi connectivity index (χ0) is 44.6. The lowest BCUT2D eigenvalue weighted by atomic mass is 10.00. The third kappa shape index (κ3) is 10.1. The van der Waals surface area contributed by atoms with Gasteiger partial charge in [0, 0.05) is 63.4 Å². The number of aryl methyl sites for hydroxylation is 2. The molecule has 2 aromatic heterocycles. The molecule has 3 atom stereocenters. The van der Waals surface area contributed by atoms with Crippen molar-refractivity contribution < 1.29 is 52.4 Å². The summed E-state index contributed by atoms with van der Waals surface area (Å²) in [6.07, 6.45) is 7.94. The predicted octanol–water partition coefficient (Wildman–Crippen LogP) is 6.88. The van der Waals surface area contributed by atoms with Crippen molar-refractivity contribution in [2.45, 2.75) is 69.9 Å². The van der Waals surface area contributed by atoms with Crippen LogP contribution in [0.2, 0.25) is 0 Å². The van der Waals surface area contributed by atoms with Gasteiger partial charge in [0.25, 0.3) is 11.8 Å². The number of carbonyl (C=O) groups is 5. The van der Waals surface area contributed by atoms with E-state index in [4.69, 9.17) is 28.4 Å². The first-order valence-electron chi connectivity index (χ1n) is 21.1. The topological polar surface area (TPSA) is 181 Å². The Balaban J connectivity index is 0.994. The number of ether oxygens (including phenoxy) is 6. The highest BCUT2D eigenvalue weighted by atomic mass is 16.7. The number of anilines is 3. The summed E-state index contributed by atoms with van der Waals surface area (Å²) in [6.45, 7) is 4.77. The molecule has 63 heavy (non-hydrogen) atoms. The van der Waals surface area contributed by atoms with E-state index in [2.05, 4.69) is 17.2 Å². The molecule has 4 amide bonds. The molecule has 2 aromatic carbocycles. The number of amides is 4.